The highest BCUT2D eigenvalue weighted by Gasteiger charge is 2.48. The average Bonchev–Trinajstić information content (AvgIpc) is 3.02. The van der Waals surface area contributed by atoms with Crippen LogP contribution in [-0.4, -0.2) is 54.2 Å². The van der Waals surface area contributed by atoms with Gasteiger partial charge in [-0.05, 0) is 0 Å². The molecule has 5 atom stereocenters. The molecule has 1 aliphatic rings. The zero-order valence-corrected chi connectivity index (χ0v) is 11.8. The van der Waals surface area contributed by atoms with Gasteiger partial charge in [-0.2, -0.15) is 4.98 Å². The number of rotatable bonds is 3. The van der Waals surface area contributed by atoms with Crippen molar-refractivity contribution >= 4 is 17.1 Å². The number of H-pyrrole nitrogens is 1. The van der Waals surface area contributed by atoms with Crippen LogP contribution in [0.4, 0.5) is 10.3 Å². The molecule has 0 amide bonds. The molecule has 5 N–H and O–H groups in total. The molecule has 0 spiro atoms. The van der Waals surface area contributed by atoms with E-state index < -0.39 is 36.3 Å². The van der Waals surface area contributed by atoms with E-state index in [1.165, 1.54) is 0 Å². The van der Waals surface area contributed by atoms with Crippen LogP contribution >= 0.6 is 0 Å². The fourth-order valence-corrected chi connectivity index (χ4v) is 2.57. The van der Waals surface area contributed by atoms with Crippen LogP contribution in [0.5, 0.6) is 0 Å². The number of aromatic amines is 1. The summed E-state index contributed by atoms with van der Waals surface area (Å²) in [6, 6.07) is 0. The molecule has 10 heteroatoms. The molecule has 1 saturated heterocycles. The summed E-state index contributed by atoms with van der Waals surface area (Å²) in [4.78, 5) is 21.8. The number of nitrogens with zero attached hydrogens (tertiary/aromatic N) is 3. The van der Waals surface area contributed by atoms with E-state index in [0.29, 0.717) is 0 Å². The smallest absolute Gasteiger partial charge is 0.280 e. The van der Waals surface area contributed by atoms with E-state index in [4.69, 9.17) is 16.9 Å². The SMILES string of the molecule is C#CCC(O)[C@H]1O[C@@H](n2cnc3c(=O)[nH]c(N)nc32)[C@H](F)[C@@H]1O. The molecule has 3 rings (SSSR count). The first kappa shape index (κ1) is 15.4. The van der Waals surface area contributed by atoms with Crippen LogP contribution in [-0.2, 0) is 4.74 Å². The first-order valence-electron chi connectivity index (χ1n) is 6.75. The van der Waals surface area contributed by atoms with Crippen LogP contribution in [0.2, 0.25) is 0 Å². The number of nitrogen functional groups attached to an aromatic ring is 1. The van der Waals surface area contributed by atoms with E-state index >= 15 is 0 Å². The van der Waals surface area contributed by atoms with Crippen molar-refractivity contribution in [2.45, 2.75) is 37.1 Å². The Morgan fingerprint density at radius 3 is 3.09 bits per heavy atom. The second kappa shape index (κ2) is 5.62. The second-order valence-corrected chi connectivity index (χ2v) is 5.18. The summed E-state index contributed by atoms with van der Waals surface area (Å²) in [5.74, 6) is 2.05. The number of imidazole rings is 1. The van der Waals surface area contributed by atoms with Gasteiger partial charge in [-0.1, -0.05) is 0 Å². The molecule has 122 valence electrons. The van der Waals surface area contributed by atoms with Gasteiger partial charge in [0.25, 0.3) is 5.56 Å². The Hall–Kier alpha value is -2.48. The number of terminal acetylenes is 1. The maximum atomic E-state index is 14.4. The Morgan fingerprint density at radius 2 is 2.39 bits per heavy atom. The van der Waals surface area contributed by atoms with Crippen LogP contribution in [0, 0.1) is 12.3 Å². The van der Waals surface area contributed by atoms with E-state index in [0.717, 1.165) is 10.9 Å². The summed E-state index contributed by atoms with van der Waals surface area (Å²) in [6.07, 6.45) is -1.05. The molecule has 2 aromatic rings. The van der Waals surface area contributed by atoms with Gasteiger partial charge < -0.3 is 20.7 Å². The molecule has 1 aliphatic heterocycles. The lowest BCUT2D eigenvalue weighted by molar-refractivity contribution is -0.0802. The lowest BCUT2D eigenvalue weighted by Gasteiger charge is -2.19. The van der Waals surface area contributed by atoms with Crippen LogP contribution in [0.3, 0.4) is 0 Å². The molecule has 1 fully saturated rings. The van der Waals surface area contributed by atoms with Crippen molar-refractivity contribution in [1.82, 2.24) is 19.5 Å². The molecule has 2 aromatic heterocycles. The number of hydrogen-bond acceptors (Lipinski definition) is 7. The van der Waals surface area contributed by atoms with Gasteiger partial charge in [-0.3, -0.25) is 14.3 Å². The van der Waals surface area contributed by atoms with Crippen LogP contribution < -0.4 is 11.3 Å². The van der Waals surface area contributed by atoms with Crippen molar-refractivity contribution in [3.63, 3.8) is 0 Å². The van der Waals surface area contributed by atoms with Gasteiger partial charge in [0.1, 0.15) is 12.2 Å². The van der Waals surface area contributed by atoms with Crippen molar-refractivity contribution < 1.29 is 19.3 Å². The second-order valence-electron chi connectivity index (χ2n) is 5.18. The zero-order valence-electron chi connectivity index (χ0n) is 11.8. The predicted octanol–water partition coefficient (Wildman–Crippen LogP) is -1.32. The van der Waals surface area contributed by atoms with Gasteiger partial charge in [-0.15, -0.1) is 12.3 Å². The van der Waals surface area contributed by atoms with Gasteiger partial charge in [0.15, 0.2) is 23.6 Å². The van der Waals surface area contributed by atoms with E-state index in [2.05, 4.69) is 20.9 Å². The first-order valence-corrected chi connectivity index (χ1v) is 6.75. The van der Waals surface area contributed by atoms with Crippen molar-refractivity contribution in [3.8, 4) is 12.3 Å². The minimum Gasteiger partial charge on any atom is -0.389 e. The Kier molecular flexibility index (Phi) is 3.77. The number of aliphatic hydroxyl groups excluding tert-OH is 2. The van der Waals surface area contributed by atoms with E-state index in [-0.39, 0.29) is 23.5 Å². The maximum Gasteiger partial charge on any atom is 0.280 e. The Bertz CT molecular complexity index is 828. The Balaban J connectivity index is 2.00. The molecular formula is C13H14FN5O4. The number of nitrogens with two attached hydrogens (primary N) is 1. The summed E-state index contributed by atoms with van der Waals surface area (Å²) in [7, 11) is 0. The number of alkyl halides is 1. The molecule has 0 bridgehead atoms. The summed E-state index contributed by atoms with van der Waals surface area (Å²) < 4.78 is 20.9. The third-order valence-corrected chi connectivity index (χ3v) is 3.66. The Labute approximate surface area is 128 Å². The minimum absolute atomic E-state index is 0.0122. The van der Waals surface area contributed by atoms with Crippen LogP contribution in [0.25, 0.3) is 11.2 Å². The number of hydrogen-bond donors (Lipinski definition) is 4. The van der Waals surface area contributed by atoms with Crippen molar-refractivity contribution in [2.75, 3.05) is 5.73 Å². The van der Waals surface area contributed by atoms with Crippen molar-refractivity contribution in [2.24, 2.45) is 0 Å². The highest BCUT2D eigenvalue weighted by Crippen LogP contribution is 2.35. The van der Waals surface area contributed by atoms with Gasteiger partial charge in [0, 0.05) is 6.42 Å². The molecule has 0 radical (unpaired) electrons. The zero-order chi connectivity index (χ0) is 16.7. The first-order chi connectivity index (χ1) is 10.9. The van der Waals surface area contributed by atoms with Gasteiger partial charge in [-0.25, -0.2) is 9.37 Å². The monoisotopic (exact) mass is 323 g/mol. The summed E-state index contributed by atoms with van der Waals surface area (Å²) in [6.45, 7) is 0. The topological polar surface area (TPSA) is 139 Å². The fourth-order valence-electron chi connectivity index (χ4n) is 2.57. The predicted molar refractivity (Wildman–Crippen MR) is 76.8 cm³/mol. The summed E-state index contributed by atoms with van der Waals surface area (Å²) >= 11 is 0. The summed E-state index contributed by atoms with van der Waals surface area (Å²) in [5.41, 5.74) is 4.86. The van der Waals surface area contributed by atoms with E-state index in [9.17, 15) is 19.4 Å². The number of ether oxygens (including phenoxy) is 1. The number of halogens is 1. The number of aromatic nitrogens is 4. The molecular weight excluding hydrogens is 309 g/mol. The highest BCUT2D eigenvalue weighted by molar-refractivity contribution is 5.70. The summed E-state index contributed by atoms with van der Waals surface area (Å²) in [5, 5.41) is 19.8. The lowest BCUT2D eigenvalue weighted by atomic mass is 10.0. The van der Waals surface area contributed by atoms with Crippen molar-refractivity contribution in [1.29, 1.82) is 0 Å². The minimum atomic E-state index is -1.87. The van der Waals surface area contributed by atoms with E-state index in [1.54, 1.807) is 0 Å². The number of nitrogens with one attached hydrogen (secondary N) is 1. The molecule has 0 aromatic carbocycles. The fraction of sp³-hybridized carbons (Fsp3) is 0.462. The third kappa shape index (κ3) is 2.44. The molecule has 9 nitrogen and oxygen atoms in total. The number of anilines is 1. The molecule has 0 saturated carbocycles. The molecule has 1 unspecified atom stereocenters. The highest BCUT2D eigenvalue weighted by atomic mass is 19.1. The molecule has 0 aliphatic carbocycles. The van der Waals surface area contributed by atoms with Gasteiger partial charge >= 0.3 is 0 Å². The third-order valence-electron chi connectivity index (χ3n) is 3.66. The van der Waals surface area contributed by atoms with Crippen LogP contribution in [0.1, 0.15) is 12.6 Å². The Morgan fingerprint density at radius 1 is 1.65 bits per heavy atom. The molecule has 23 heavy (non-hydrogen) atoms. The standard InChI is InChI=1S/C13H14FN5O4/c1-2-3-5(20)9-8(21)6(14)12(23-9)19-4-16-7-10(19)17-13(15)18-11(7)22/h1,4-6,8-9,12,20-21H,3H2,(H3,15,17,18,22)/t5?,6-,8+,9-,12-/m1/s1. The maximum absolute atomic E-state index is 14.4. The van der Waals surface area contributed by atoms with Crippen molar-refractivity contribution in [3.05, 3.63) is 16.7 Å². The average molecular weight is 323 g/mol. The number of fused-ring (bicyclic) bond motifs is 1. The van der Waals surface area contributed by atoms with E-state index in [1.807, 2.05) is 0 Å². The lowest BCUT2D eigenvalue weighted by Crippen LogP contribution is -2.37. The molecule has 3 heterocycles. The van der Waals surface area contributed by atoms with Gasteiger partial charge in [0.05, 0.1) is 12.4 Å². The largest absolute Gasteiger partial charge is 0.389 e. The quantitative estimate of drug-likeness (QED) is 0.514. The van der Waals surface area contributed by atoms with Gasteiger partial charge in [0.2, 0.25) is 5.95 Å². The normalized spacial score (nSPS) is 28.8. The number of aliphatic hydroxyl groups is 2. The van der Waals surface area contributed by atoms with Crippen LogP contribution in [0.15, 0.2) is 11.1 Å².